The van der Waals surface area contributed by atoms with Gasteiger partial charge in [-0.1, -0.05) is 20.4 Å². The highest BCUT2D eigenvalue weighted by Gasteiger charge is 2.48. The van der Waals surface area contributed by atoms with Crippen LogP contribution in [0.5, 0.6) is 0 Å². The first-order chi connectivity index (χ1) is 7.45. The molecule has 1 aliphatic heterocycles. The maximum absolute atomic E-state index is 11.7. The maximum Gasteiger partial charge on any atom is 0.246 e. The monoisotopic (exact) mass is 219 g/mol. The lowest BCUT2D eigenvalue weighted by atomic mass is 9.72. The third-order valence-electron chi connectivity index (χ3n) is 3.13. The van der Waals surface area contributed by atoms with Crippen LogP contribution in [0.3, 0.4) is 0 Å². The molecule has 86 valence electrons. The second kappa shape index (κ2) is 3.47. The molecule has 1 atom stereocenters. The van der Waals surface area contributed by atoms with E-state index in [1.54, 1.807) is 4.68 Å². The van der Waals surface area contributed by atoms with Crippen LogP contribution < -0.4 is 0 Å². The Balaban J connectivity index is 2.28. The largest absolute Gasteiger partial charge is 0.331 e. The Kier molecular flexibility index (Phi) is 2.37. The quantitative estimate of drug-likeness (QED) is 0.707. The summed E-state index contributed by atoms with van der Waals surface area (Å²) in [6, 6.07) is 0.117. The summed E-state index contributed by atoms with van der Waals surface area (Å²) in [7, 11) is 1.88. The number of amides is 1. The highest BCUT2D eigenvalue weighted by Crippen LogP contribution is 2.48. The van der Waals surface area contributed by atoms with Crippen molar-refractivity contribution in [3.8, 4) is 0 Å². The number of likely N-dealkylation sites (tertiary alicyclic amines) is 1. The predicted molar refractivity (Wildman–Crippen MR) is 61.6 cm³/mol. The Morgan fingerprint density at radius 1 is 1.69 bits per heavy atom. The first-order valence-corrected chi connectivity index (χ1v) is 5.37. The fourth-order valence-electron chi connectivity index (χ4n) is 2.46. The van der Waals surface area contributed by atoms with Gasteiger partial charge in [0.25, 0.3) is 0 Å². The van der Waals surface area contributed by atoms with Crippen molar-refractivity contribution in [2.75, 3.05) is 6.54 Å². The number of nitrogens with zero attached hydrogens (tertiary/aromatic N) is 3. The zero-order chi connectivity index (χ0) is 11.9. The van der Waals surface area contributed by atoms with Gasteiger partial charge in [-0.25, -0.2) is 0 Å². The summed E-state index contributed by atoms with van der Waals surface area (Å²) in [6.07, 6.45) is 5.17. The van der Waals surface area contributed by atoms with Gasteiger partial charge in [-0.2, -0.15) is 5.10 Å². The summed E-state index contributed by atoms with van der Waals surface area (Å²) < 4.78 is 1.76. The van der Waals surface area contributed by atoms with E-state index in [0.29, 0.717) is 0 Å². The van der Waals surface area contributed by atoms with Gasteiger partial charge in [-0.05, 0) is 6.08 Å². The van der Waals surface area contributed by atoms with Crippen LogP contribution >= 0.6 is 0 Å². The predicted octanol–water partition coefficient (Wildman–Crippen LogP) is 1.52. The zero-order valence-electron chi connectivity index (χ0n) is 9.97. The van der Waals surface area contributed by atoms with E-state index in [4.69, 9.17) is 0 Å². The second-order valence-electron chi connectivity index (χ2n) is 5.01. The van der Waals surface area contributed by atoms with Crippen LogP contribution in [0, 0.1) is 5.41 Å². The van der Waals surface area contributed by atoms with E-state index in [9.17, 15) is 4.79 Å². The number of aryl methyl sites for hydroxylation is 1. The number of hydrogen-bond donors (Lipinski definition) is 0. The van der Waals surface area contributed by atoms with Gasteiger partial charge in [0.05, 0.1) is 12.2 Å². The summed E-state index contributed by atoms with van der Waals surface area (Å²) in [6.45, 7) is 8.64. The third-order valence-corrected chi connectivity index (χ3v) is 3.13. The molecule has 1 amide bonds. The third kappa shape index (κ3) is 1.54. The maximum atomic E-state index is 11.7. The average Bonchev–Trinajstić information content (AvgIpc) is 2.60. The molecule has 0 spiro atoms. The van der Waals surface area contributed by atoms with Gasteiger partial charge in [-0.15, -0.1) is 0 Å². The molecule has 1 aliphatic rings. The molecule has 1 fully saturated rings. The van der Waals surface area contributed by atoms with E-state index < -0.39 is 0 Å². The van der Waals surface area contributed by atoms with Gasteiger partial charge in [-0.3, -0.25) is 9.48 Å². The van der Waals surface area contributed by atoms with Crippen molar-refractivity contribution in [3.05, 3.63) is 30.6 Å². The molecule has 1 unspecified atom stereocenters. The van der Waals surface area contributed by atoms with Gasteiger partial charge in [0.15, 0.2) is 0 Å². The molecular weight excluding hydrogens is 202 g/mol. The lowest BCUT2D eigenvalue weighted by molar-refractivity contribution is -0.146. The SMILES string of the molecule is C=CC(=O)N1CC(C)(C)C1c1cnn(C)c1. The molecule has 0 aliphatic carbocycles. The van der Waals surface area contributed by atoms with Crippen LogP contribution in [0.4, 0.5) is 0 Å². The van der Waals surface area contributed by atoms with Crippen molar-refractivity contribution in [1.82, 2.24) is 14.7 Å². The summed E-state index contributed by atoms with van der Waals surface area (Å²) >= 11 is 0. The average molecular weight is 219 g/mol. The Morgan fingerprint density at radius 3 is 2.81 bits per heavy atom. The molecule has 2 heterocycles. The molecular formula is C12H17N3O. The standard InChI is InChI=1S/C12H17N3O/c1-5-10(16)15-8-12(2,3)11(15)9-6-13-14(4)7-9/h5-7,11H,1,8H2,2-4H3. The number of rotatable bonds is 2. The minimum atomic E-state index is -0.00632. The minimum absolute atomic E-state index is 0.00632. The lowest BCUT2D eigenvalue weighted by Crippen LogP contribution is -2.57. The van der Waals surface area contributed by atoms with Gasteiger partial charge in [0, 0.05) is 30.8 Å². The van der Waals surface area contributed by atoms with Crippen LogP contribution in [0.1, 0.15) is 25.5 Å². The number of carbonyl (C=O) groups is 1. The molecule has 2 rings (SSSR count). The molecule has 16 heavy (non-hydrogen) atoms. The normalized spacial score (nSPS) is 22.7. The smallest absolute Gasteiger partial charge is 0.246 e. The fourth-order valence-corrected chi connectivity index (χ4v) is 2.46. The molecule has 1 aromatic heterocycles. The molecule has 0 bridgehead atoms. The highest BCUT2D eigenvalue weighted by molar-refractivity contribution is 5.88. The zero-order valence-corrected chi connectivity index (χ0v) is 9.97. The summed E-state index contributed by atoms with van der Waals surface area (Å²) in [5, 5.41) is 4.16. The molecule has 0 N–H and O–H groups in total. The van der Waals surface area contributed by atoms with E-state index in [-0.39, 0.29) is 17.4 Å². The van der Waals surface area contributed by atoms with E-state index in [1.807, 2.05) is 24.3 Å². The Bertz CT molecular complexity index is 433. The van der Waals surface area contributed by atoms with Crippen molar-refractivity contribution in [2.45, 2.75) is 19.9 Å². The van der Waals surface area contributed by atoms with E-state index >= 15 is 0 Å². The van der Waals surface area contributed by atoms with Crippen LogP contribution in [0.15, 0.2) is 25.0 Å². The van der Waals surface area contributed by atoms with Crippen molar-refractivity contribution < 1.29 is 4.79 Å². The molecule has 4 nitrogen and oxygen atoms in total. The summed E-state index contributed by atoms with van der Waals surface area (Å²) in [5.74, 6) is -0.00632. The van der Waals surface area contributed by atoms with Crippen molar-refractivity contribution in [1.29, 1.82) is 0 Å². The number of hydrogen-bond acceptors (Lipinski definition) is 2. The highest BCUT2D eigenvalue weighted by atomic mass is 16.2. The van der Waals surface area contributed by atoms with Crippen LogP contribution in [0.25, 0.3) is 0 Å². The summed E-state index contributed by atoms with van der Waals surface area (Å²) in [5.41, 5.74) is 1.20. The first kappa shape index (κ1) is 10.9. The van der Waals surface area contributed by atoms with Crippen molar-refractivity contribution >= 4 is 5.91 Å². The molecule has 0 aromatic carbocycles. The number of aromatic nitrogens is 2. The topological polar surface area (TPSA) is 38.1 Å². The molecule has 0 saturated carbocycles. The van der Waals surface area contributed by atoms with E-state index in [1.165, 1.54) is 6.08 Å². The Labute approximate surface area is 95.5 Å². The van der Waals surface area contributed by atoms with Crippen molar-refractivity contribution in [3.63, 3.8) is 0 Å². The van der Waals surface area contributed by atoms with Gasteiger partial charge >= 0.3 is 0 Å². The van der Waals surface area contributed by atoms with Gasteiger partial charge in [0.2, 0.25) is 5.91 Å². The van der Waals surface area contributed by atoms with Gasteiger partial charge in [0.1, 0.15) is 0 Å². The first-order valence-electron chi connectivity index (χ1n) is 5.37. The fraction of sp³-hybridized carbons (Fsp3) is 0.500. The minimum Gasteiger partial charge on any atom is -0.331 e. The second-order valence-corrected chi connectivity index (χ2v) is 5.01. The summed E-state index contributed by atoms with van der Waals surface area (Å²) in [4.78, 5) is 13.5. The molecule has 0 radical (unpaired) electrons. The number of carbonyl (C=O) groups excluding carboxylic acids is 1. The molecule has 1 aromatic rings. The Hall–Kier alpha value is -1.58. The van der Waals surface area contributed by atoms with Crippen LogP contribution in [-0.4, -0.2) is 27.1 Å². The van der Waals surface area contributed by atoms with Gasteiger partial charge < -0.3 is 4.90 Å². The van der Waals surface area contributed by atoms with Crippen LogP contribution in [-0.2, 0) is 11.8 Å². The van der Waals surface area contributed by atoms with Crippen molar-refractivity contribution in [2.24, 2.45) is 12.5 Å². The molecule has 4 heteroatoms. The lowest BCUT2D eigenvalue weighted by Gasteiger charge is -2.53. The Morgan fingerprint density at radius 2 is 2.38 bits per heavy atom. The van der Waals surface area contributed by atoms with Crippen LogP contribution in [0.2, 0.25) is 0 Å². The molecule has 1 saturated heterocycles. The van der Waals surface area contributed by atoms with E-state index in [2.05, 4.69) is 25.5 Å². The van der Waals surface area contributed by atoms with E-state index in [0.717, 1.165) is 12.1 Å².